The molecule has 2 N–H and O–H groups in total. The Morgan fingerprint density at radius 2 is 1.82 bits per heavy atom. The minimum Gasteiger partial charge on any atom is -0.444 e. The Bertz CT molecular complexity index is 373. The van der Waals surface area contributed by atoms with Crippen molar-refractivity contribution in [1.29, 1.82) is 0 Å². The van der Waals surface area contributed by atoms with E-state index in [1.54, 1.807) is 11.9 Å². The van der Waals surface area contributed by atoms with Crippen LogP contribution in [-0.2, 0) is 4.74 Å². The van der Waals surface area contributed by atoms with Gasteiger partial charge in [-0.25, -0.2) is 9.59 Å². The minimum absolute atomic E-state index is 0.0789. The van der Waals surface area contributed by atoms with Crippen LogP contribution in [0.1, 0.15) is 59.8 Å². The van der Waals surface area contributed by atoms with Gasteiger partial charge in [-0.3, -0.25) is 0 Å². The van der Waals surface area contributed by atoms with E-state index in [1.807, 2.05) is 27.7 Å². The number of nitrogens with zero attached hydrogens (tertiary/aromatic N) is 1. The number of urea groups is 1. The fourth-order valence-corrected chi connectivity index (χ4v) is 2.58. The summed E-state index contributed by atoms with van der Waals surface area (Å²) >= 11 is 0. The molecule has 128 valence electrons. The molecule has 0 aromatic carbocycles. The maximum Gasteiger partial charge on any atom is 0.407 e. The van der Waals surface area contributed by atoms with Crippen LogP contribution in [0.25, 0.3) is 0 Å². The van der Waals surface area contributed by atoms with Crippen LogP contribution in [0.5, 0.6) is 0 Å². The molecule has 1 atom stereocenters. The third-order valence-corrected chi connectivity index (χ3v) is 3.59. The molecule has 3 amide bonds. The molecule has 6 heteroatoms. The van der Waals surface area contributed by atoms with E-state index in [1.165, 1.54) is 19.3 Å². The lowest BCUT2D eigenvalue weighted by atomic mass is 9.96. The van der Waals surface area contributed by atoms with Gasteiger partial charge in [0.05, 0.1) is 0 Å². The zero-order chi connectivity index (χ0) is 16.8. The molecule has 1 saturated carbocycles. The predicted molar refractivity (Wildman–Crippen MR) is 86.9 cm³/mol. The highest BCUT2D eigenvalue weighted by Crippen LogP contribution is 2.17. The lowest BCUT2D eigenvalue weighted by Crippen LogP contribution is -2.49. The number of hydrogen-bond donors (Lipinski definition) is 2. The predicted octanol–water partition coefficient (Wildman–Crippen LogP) is 2.87. The average molecular weight is 313 g/mol. The first-order chi connectivity index (χ1) is 10.2. The smallest absolute Gasteiger partial charge is 0.407 e. The molecule has 6 nitrogen and oxygen atoms in total. The largest absolute Gasteiger partial charge is 0.444 e. The van der Waals surface area contributed by atoms with Gasteiger partial charge in [0, 0.05) is 25.7 Å². The standard InChI is InChI=1S/C16H31N3O3/c1-12(17-15(21)22-16(2,3)4)11-19(5)14(20)18-13-9-7-6-8-10-13/h12-13H,6-11H2,1-5H3,(H,17,21)(H,18,20)/t12-/m0/s1. The molecule has 0 saturated heterocycles. The van der Waals surface area contributed by atoms with Crippen LogP contribution >= 0.6 is 0 Å². The summed E-state index contributed by atoms with van der Waals surface area (Å²) in [6.07, 6.45) is 5.30. The van der Waals surface area contributed by atoms with Gasteiger partial charge in [-0.2, -0.15) is 0 Å². The van der Waals surface area contributed by atoms with Gasteiger partial charge in [0.1, 0.15) is 5.60 Å². The van der Waals surface area contributed by atoms with E-state index in [2.05, 4.69) is 10.6 Å². The van der Waals surface area contributed by atoms with Crippen LogP contribution in [-0.4, -0.2) is 48.3 Å². The van der Waals surface area contributed by atoms with Gasteiger partial charge in [-0.05, 0) is 40.5 Å². The Labute approximate surface area is 134 Å². The molecular weight excluding hydrogens is 282 g/mol. The van der Waals surface area contributed by atoms with E-state index < -0.39 is 11.7 Å². The molecule has 1 aliphatic carbocycles. The van der Waals surface area contributed by atoms with Gasteiger partial charge in [0.15, 0.2) is 0 Å². The lowest BCUT2D eigenvalue weighted by molar-refractivity contribution is 0.0501. The quantitative estimate of drug-likeness (QED) is 0.838. The number of carbonyl (C=O) groups excluding carboxylic acids is 2. The van der Waals surface area contributed by atoms with E-state index >= 15 is 0 Å². The Balaban J connectivity index is 2.31. The van der Waals surface area contributed by atoms with Gasteiger partial charge < -0.3 is 20.3 Å². The zero-order valence-corrected chi connectivity index (χ0v) is 14.6. The first-order valence-corrected chi connectivity index (χ1v) is 8.18. The van der Waals surface area contributed by atoms with Gasteiger partial charge in [-0.1, -0.05) is 19.3 Å². The molecule has 0 heterocycles. The number of rotatable bonds is 4. The van der Waals surface area contributed by atoms with Crippen molar-refractivity contribution < 1.29 is 14.3 Å². The summed E-state index contributed by atoms with van der Waals surface area (Å²) in [5.41, 5.74) is -0.520. The Morgan fingerprint density at radius 3 is 2.36 bits per heavy atom. The number of ether oxygens (including phenoxy) is 1. The van der Waals surface area contributed by atoms with E-state index in [0.717, 1.165) is 12.8 Å². The van der Waals surface area contributed by atoms with Crippen LogP contribution in [0, 0.1) is 0 Å². The molecule has 1 rings (SSSR count). The summed E-state index contributed by atoms with van der Waals surface area (Å²) in [6, 6.07) is 0.0412. The molecule has 1 aliphatic rings. The molecule has 1 fully saturated rings. The Morgan fingerprint density at radius 1 is 1.23 bits per heavy atom. The number of amides is 3. The van der Waals surface area contributed by atoms with Crippen LogP contribution in [0.2, 0.25) is 0 Å². The second-order valence-electron chi connectivity index (χ2n) is 7.21. The molecule has 22 heavy (non-hydrogen) atoms. The summed E-state index contributed by atoms with van der Waals surface area (Å²) in [5, 5.41) is 5.80. The summed E-state index contributed by atoms with van der Waals surface area (Å²) in [7, 11) is 1.74. The molecule has 0 unspecified atom stereocenters. The number of likely N-dealkylation sites (N-methyl/N-ethyl adjacent to an activating group) is 1. The van der Waals surface area contributed by atoms with Crippen molar-refractivity contribution in [2.45, 2.75) is 77.5 Å². The summed E-state index contributed by atoms with van der Waals surface area (Å²) in [5.74, 6) is 0. The monoisotopic (exact) mass is 313 g/mol. The van der Waals surface area contributed by atoms with Gasteiger partial charge in [0.25, 0.3) is 0 Å². The minimum atomic E-state index is -0.520. The first kappa shape index (κ1) is 18.6. The summed E-state index contributed by atoms with van der Waals surface area (Å²) in [6.45, 7) is 7.76. The van der Waals surface area contributed by atoms with Crippen LogP contribution < -0.4 is 10.6 Å². The topological polar surface area (TPSA) is 70.7 Å². The van der Waals surface area contributed by atoms with Crippen LogP contribution in [0.15, 0.2) is 0 Å². The molecule has 0 aromatic heterocycles. The molecule has 0 aliphatic heterocycles. The number of alkyl carbamates (subject to hydrolysis) is 1. The maximum atomic E-state index is 12.1. The van der Waals surface area contributed by atoms with Crippen molar-refractivity contribution in [1.82, 2.24) is 15.5 Å². The molecular formula is C16H31N3O3. The van der Waals surface area contributed by atoms with E-state index in [0.29, 0.717) is 6.54 Å². The number of nitrogens with one attached hydrogen (secondary N) is 2. The summed E-state index contributed by atoms with van der Waals surface area (Å²) < 4.78 is 5.20. The highest BCUT2D eigenvalue weighted by Gasteiger charge is 2.21. The van der Waals surface area contributed by atoms with Crippen molar-refractivity contribution in [2.24, 2.45) is 0 Å². The fraction of sp³-hybridized carbons (Fsp3) is 0.875. The first-order valence-electron chi connectivity index (χ1n) is 8.18. The number of hydrogen-bond acceptors (Lipinski definition) is 3. The zero-order valence-electron chi connectivity index (χ0n) is 14.6. The fourth-order valence-electron chi connectivity index (χ4n) is 2.58. The van der Waals surface area contributed by atoms with E-state index in [9.17, 15) is 9.59 Å². The van der Waals surface area contributed by atoms with Crippen molar-refractivity contribution in [3.63, 3.8) is 0 Å². The molecule has 0 bridgehead atoms. The third-order valence-electron chi connectivity index (χ3n) is 3.59. The second-order valence-corrected chi connectivity index (χ2v) is 7.21. The van der Waals surface area contributed by atoms with Crippen LogP contribution in [0.3, 0.4) is 0 Å². The highest BCUT2D eigenvalue weighted by molar-refractivity contribution is 5.74. The Kier molecular flexibility index (Phi) is 6.97. The van der Waals surface area contributed by atoms with Crippen LogP contribution in [0.4, 0.5) is 9.59 Å². The van der Waals surface area contributed by atoms with E-state index in [-0.39, 0.29) is 18.1 Å². The second kappa shape index (κ2) is 8.25. The maximum absolute atomic E-state index is 12.1. The van der Waals surface area contributed by atoms with Crippen molar-refractivity contribution in [2.75, 3.05) is 13.6 Å². The molecule has 0 spiro atoms. The Hall–Kier alpha value is -1.46. The van der Waals surface area contributed by atoms with Crippen molar-refractivity contribution >= 4 is 12.1 Å². The van der Waals surface area contributed by atoms with Crippen molar-refractivity contribution in [3.05, 3.63) is 0 Å². The normalized spacial score (nSPS) is 17.5. The third kappa shape index (κ3) is 7.52. The van der Waals surface area contributed by atoms with E-state index in [4.69, 9.17) is 4.74 Å². The number of carbonyl (C=O) groups is 2. The summed E-state index contributed by atoms with van der Waals surface area (Å²) in [4.78, 5) is 25.4. The molecule has 0 aromatic rings. The SMILES string of the molecule is C[C@@H](CN(C)C(=O)NC1CCCCC1)NC(=O)OC(C)(C)C. The van der Waals surface area contributed by atoms with Gasteiger partial charge in [0.2, 0.25) is 0 Å². The van der Waals surface area contributed by atoms with Gasteiger partial charge >= 0.3 is 12.1 Å². The molecule has 0 radical (unpaired) electrons. The van der Waals surface area contributed by atoms with Gasteiger partial charge in [-0.15, -0.1) is 0 Å². The van der Waals surface area contributed by atoms with Crippen molar-refractivity contribution in [3.8, 4) is 0 Å². The average Bonchev–Trinajstić information content (AvgIpc) is 2.36. The highest BCUT2D eigenvalue weighted by atomic mass is 16.6. The lowest BCUT2D eigenvalue weighted by Gasteiger charge is -2.28.